The van der Waals surface area contributed by atoms with Crippen molar-refractivity contribution >= 4 is 15.9 Å². The molecule has 1 spiro atoms. The fourth-order valence-electron chi connectivity index (χ4n) is 3.64. The second-order valence-corrected chi connectivity index (χ2v) is 7.08. The lowest BCUT2D eigenvalue weighted by atomic mass is 9.78. The first kappa shape index (κ1) is 14.4. The molecule has 0 radical (unpaired) electrons. The van der Waals surface area contributed by atoms with Gasteiger partial charge in [-0.3, -0.25) is 4.90 Å². The Labute approximate surface area is 129 Å². The van der Waals surface area contributed by atoms with Gasteiger partial charge in [-0.1, -0.05) is 15.9 Å². The maximum Gasteiger partial charge on any atom is 0.123 e. The number of rotatable bonds is 3. The van der Waals surface area contributed by atoms with Crippen molar-refractivity contribution in [3.8, 4) is 5.75 Å². The summed E-state index contributed by atoms with van der Waals surface area (Å²) < 4.78 is 6.62. The summed E-state index contributed by atoms with van der Waals surface area (Å²) in [6, 6.07) is 6.28. The first-order chi connectivity index (χ1) is 9.71. The first-order valence-corrected chi connectivity index (χ1v) is 8.26. The molecule has 4 heteroatoms. The molecule has 0 amide bonds. The van der Waals surface area contributed by atoms with Gasteiger partial charge in [-0.15, -0.1) is 0 Å². The van der Waals surface area contributed by atoms with Crippen LogP contribution in [0.4, 0.5) is 0 Å². The first-order valence-electron chi connectivity index (χ1n) is 7.46. The molecule has 2 aliphatic heterocycles. The quantitative estimate of drug-likeness (QED) is 0.916. The molecular formula is C16H23BrN2O. The number of piperidine rings is 1. The topological polar surface area (TPSA) is 24.5 Å². The van der Waals surface area contributed by atoms with E-state index in [9.17, 15) is 0 Å². The Balaban J connectivity index is 1.68. The summed E-state index contributed by atoms with van der Waals surface area (Å²) in [7, 11) is 1.75. The fraction of sp³-hybridized carbons (Fsp3) is 0.625. The van der Waals surface area contributed by atoms with Gasteiger partial charge in [0, 0.05) is 23.1 Å². The Kier molecular flexibility index (Phi) is 4.34. The standard InChI is InChI=1S/C16H23BrN2O/c1-20-15-3-2-14(17)10-13(15)11-19-9-6-16(12-19)4-7-18-8-5-16/h2-3,10,18H,4-9,11-12H2,1H3. The molecule has 0 aromatic heterocycles. The number of benzene rings is 1. The van der Waals surface area contributed by atoms with Crippen LogP contribution < -0.4 is 10.1 Å². The number of nitrogens with one attached hydrogen (secondary N) is 1. The van der Waals surface area contributed by atoms with E-state index in [0.717, 1.165) is 16.8 Å². The minimum Gasteiger partial charge on any atom is -0.496 e. The average molecular weight is 339 g/mol. The summed E-state index contributed by atoms with van der Waals surface area (Å²) in [5, 5.41) is 3.48. The Morgan fingerprint density at radius 1 is 1.30 bits per heavy atom. The van der Waals surface area contributed by atoms with Gasteiger partial charge in [0.15, 0.2) is 0 Å². The van der Waals surface area contributed by atoms with Crippen LogP contribution in [0, 0.1) is 5.41 Å². The van der Waals surface area contributed by atoms with Gasteiger partial charge in [0.1, 0.15) is 5.75 Å². The molecule has 1 aromatic carbocycles. The highest BCUT2D eigenvalue weighted by Gasteiger charge is 2.38. The number of nitrogens with zero attached hydrogens (tertiary/aromatic N) is 1. The average Bonchev–Trinajstić information content (AvgIpc) is 2.82. The van der Waals surface area contributed by atoms with Crippen LogP contribution in [0.3, 0.4) is 0 Å². The summed E-state index contributed by atoms with van der Waals surface area (Å²) >= 11 is 3.56. The summed E-state index contributed by atoms with van der Waals surface area (Å²) in [6.07, 6.45) is 4.02. The number of ether oxygens (including phenoxy) is 1. The van der Waals surface area contributed by atoms with Crippen LogP contribution in [-0.2, 0) is 6.54 Å². The predicted octanol–water partition coefficient (Wildman–Crippen LogP) is 3.03. The van der Waals surface area contributed by atoms with E-state index in [-0.39, 0.29) is 0 Å². The zero-order valence-electron chi connectivity index (χ0n) is 12.1. The Hall–Kier alpha value is -0.580. The van der Waals surface area contributed by atoms with Crippen LogP contribution in [0.2, 0.25) is 0 Å². The minimum absolute atomic E-state index is 0.574. The molecule has 3 nitrogen and oxygen atoms in total. The molecule has 110 valence electrons. The molecule has 0 unspecified atom stereocenters. The van der Waals surface area contributed by atoms with E-state index in [0.29, 0.717) is 5.41 Å². The molecule has 2 saturated heterocycles. The molecule has 0 bridgehead atoms. The fourth-order valence-corrected chi connectivity index (χ4v) is 4.05. The summed E-state index contributed by atoms with van der Waals surface area (Å²) in [5.41, 5.74) is 1.86. The molecule has 2 aliphatic rings. The number of methoxy groups -OCH3 is 1. The maximum absolute atomic E-state index is 5.49. The SMILES string of the molecule is COc1ccc(Br)cc1CN1CCC2(CCNCC2)C1. The van der Waals surface area contributed by atoms with Gasteiger partial charge in [0.25, 0.3) is 0 Å². The second kappa shape index (κ2) is 6.04. The number of hydrogen-bond acceptors (Lipinski definition) is 3. The largest absolute Gasteiger partial charge is 0.496 e. The second-order valence-electron chi connectivity index (χ2n) is 6.17. The lowest BCUT2D eigenvalue weighted by Crippen LogP contribution is -2.38. The van der Waals surface area contributed by atoms with Crippen molar-refractivity contribution in [1.82, 2.24) is 10.2 Å². The summed E-state index contributed by atoms with van der Waals surface area (Å²) in [5.74, 6) is 1.000. The van der Waals surface area contributed by atoms with Crippen molar-refractivity contribution in [2.75, 3.05) is 33.3 Å². The van der Waals surface area contributed by atoms with Crippen molar-refractivity contribution in [2.45, 2.75) is 25.8 Å². The third-order valence-corrected chi connectivity index (χ3v) is 5.31. The zero-order chi connectivity index (χ0) is 14.0. The van der Waals surface area contributed by atoms with Gasteiger partial charge >= 0.3 is 0 Å². The van der Waals surface area contributed by atoms with E-state index in [2.05, 4.69) is 38.3 Å². The third kappa shape index (κ3) is 3.02. The van der Waals surface area contributed by atoms with Gasteiger partial charge in [-0.05, 0) is 62.5 Å². The molecule has 0 aliphatic carbocycles. The van der Waals surface area contributed by atoms with Gasteiger partial charge in [0.2, 0.25) is 0 Å². The Bertz CT molecular complexity index is 472. The zero-order valence-corrected chi connectivity index (χ0v) is 13.7. The van der Waals surface area contributed by atoms with Crippen LogP contribution in [0.1, 0.15) is 24.8 Å². The van der Waals surface area contributed by atoms with Gasteiger partial charge < -0.3 is 10.1 Å². The highest BCUT2D eigenvalue weighted by Crippen LogP contribution is 2.39. The Morgan fingerprint density at radius 3 is 2.85 bits per heavy atom. The van der Waals surface area contributed by atoms with Crippen molar-refractivity contribution in [3.05, 3.63) is 28.2 Å². The molecule has 3 rings (SSSR count). The van der Waals surface area contributed by atoms with E-state index in [1.807, 2.05) is 6.07 Å². The van der Waals surface area contributed by atoms with Crippen LogP contribution in [-0.4, -0.2) is 38.2 Å². The van der Waals surface area contributed by atoms with E-state index in [1.165, 1.54) is 51.0 Å². The molecule has 1 aromatic rings. The van der Waals surface area contributed by atoms with Gasteiger partial charge in [0.05, 0.1) is 7.11 Å². The normalized spacial score (nSPS) is 22.3. The molecule has 2 fully saturated rings. The van der Waals surface area contributed by atoms with Crippen LogP contribution in [0.25, 0.3) is 0 Å². The van der Waals surface area contributed by atoms with Crippen LogP contribution >= 0.6 is 15.9 Å². The van der Waals surface area contributed by atoms with Crippen LogP contribution in [0.5, 0.6) is 5.75 Å². The van der Waals surface area contributed by atoms with E-state index in [1.54, 1.807) is 7.11 Å². The van der Waals surface area contributed by atoms with Crippen molar-refractivity contribution < 1.29 is 4.74 Å². The smallest absolute Gasteiger partial charge is 0.123 e. The maximum atomic E-state index is 5.49. The molecule has 2 heterocycles. The number of halogens is 1. The monoisotopic (exact) mass is 338 g/mol. The van der Waals surface area contributed by atoms with E-state index < -0.39 is 0 Å². The third-order valence-electron chi connectivity index (χ3n) is 4.82. The predicted molar refractivity (Wildman–Crippen MR) is 85.1 cm³/mol. The van der Waals surface area contributed by atoms with Crippen LogP contribution in [0.15, 0.2) is 22.7 Å². The lowest BCUT2D eigenvalue weighted by Gasteiger charge is -2.34. The molecular weight excluding hydrogens is 316 g/mol. The number of likely N-dealkylation sites (tertiary alicyclic amines) is 1. The summed E-state index contributed by atoms with van der Waals surface area (Å²) in [4.78, 5) is 2.59. The van der Waals surface area contributed by atoms with Gasteiger partial charge in [-0.2, -0.15) is 0 Å². The molecule has 1 N–H and O–H groups in total. The van der Waals surface area contributed by atoms with Crippen molar-refractivity contribution in [1.29, 1.82) is 0 Å². The number of hydrogen-bond donors (Lipinski definition) is 1. The van der Waals surface area contributed by atoms with Crippen molar-refractivity contribution in [2.24, 2.45) is 5.41 Å². The van der Waals surface area contributed by atoms with E-state index in [4.69, 9.17) is 4.74 Å². The Morgan fingerprint density at radius 2 is 2.10 bits per heavy atom. The van der Waals surface area contributed by atoms with Gasteiger partial charge in [-0.25, -0.2) is 0 Å². The lowest BCUT2D eigenvalue weighted by molar-refractivity contribution is 0.193. The molecule has 20 heavy (non-hydrogen) atoms. The summed E-state index contributed by atoms with van der Waals surface area (Å²) in [6.45, 7) is 5.83. The highest BCUT2D eigenvalue weighted by atomic mass is 79.9. The van der Waals surface area contributed by atoms with E-state index >= 15 is 0 Å². The minimum atomic E-state index is 0.574. The molecule has 0 atom stereocenters. The van der Waals surface area contributed by atoms with Crippen molar-refractivity contribution in [3.63, 3.8) is 0 Å². The molecule has 0 saturated carbocycles. The highest BCUT2D eigenvalue weighted by molar-refractivity contribution is 9.10.